The predicted octanol–water partition coefficient (Wildman–Crippen LogP) is 5.65. The third-order valence-corrected chi connectivity index (χ3v) is 4.69. The Labute approximate surface area is 159 Å². The van der Waals surface area contributed by atoms with Crippen molar-refractivity contribution in [1.82, 2.24) is 15.0 Å². The summed E-state index contributed by atoms with van der Waals surface area (Å²) in [4.78, 5) is 11.4. The lowest BCUT2D eigenvalue weighted by molar-refractivity contribution is 0.468. The molecule has 1 fully saturated rings. The van der Waals surface area contributed by atoms with E-state index in [9.17, 15) is 8.78 Å². The number of nitrogens with zero attached hydrogens (tertiary/aromatic N) is 2. The first kappa shape index (κ1) is 16.7. The molecule has 2 aromatic carbocycles. The van der Waals surface area contributed by atoms with Crippen LogP contribution in [-0.4, -0.2) is 15.0 Å². The van der Waals surface area contributed by atoms with Crippen molar-refractivity contribution in [1.29, 1.82) is 0 Å². The number of hydrogen-bond acceptors (Lipinski definition) is 4. The highest BCUT2D eigenvalue weighted by Gasteiger charge is 2.23. The third-order valence-electron chi connectivity index (χ3n) is 4.69. The zero-order chi connectivity index (χ0) is 19.1. The van der Waals surface area contributed by atoms with Crippen molar-refractivity contribution in [2.45, 2.75) is 18.8 Å². The van der Waals surface area contributed by atoms with Crippen LogP contribution in [0.25, 0.3) is 11.0 Å². The Morgan fingerprint density at radius 1 is 0.964 bits per heavy atom. The molecule has 0 bridgehead atoms. The zero-order valence-corrected chi connectivity index (χ0v) is 14.7. The second kappa shape index (κ2) is 6.60. The molecule has 5 nitrogen and oxygen atoms in total. The average molecular weight is 378 g/mol. The predicted molar refractivity (Wildman–Crippen MR) is 102 cm³/mol. The van der Waals surface area contributed by atoms with Crippen molar-refractivity contribution in [2.24, 2.45) is 0 Å². The van der Waals surface area contributed by atoms with E-state index >= 15 is 0 Å². The minimum atomic E-state index is -0.506. The third kappa shape index (κ3) is 3.26. The van der Waals surface area contributed by atoms with E-state index in [1.54, 1.807) is 12.1 Å². The molecular formula is C21H16F2N4O. The first-order valence-electron chi connectivity index (χ1n) is 9.01. The molecule has 4 aromatic rings. The largest absolute Gasteiger partial charge is 0.437 e. The van der Waals surface area contributed by atoms with Gasteiger partial charge in [-0.15, -0.1) is 0 Å². The maximum absolute atomic E-state index is 14.1. The van der Waals surface area contributed by atoms with Crippen molar-refractivity contribution in [3.05, 3.63) is 71.9 Å². The van der Waals surface area contributed by atoms with Gasteiger partial charge in [0.1, 0.15) is 22.6 Å². The second-order valence-corrected chi connectivity index (χ2v) is 6.79. The van der Waals surface area contributed by atoms with Crippen LogP contribution in [0.15, 0.2) is 54.7 Å². The maximum Gasteiger partial charge on any atom is 0.248 e. The molecule has 0 unspecified atom stereocenters. The lowest BCUT2D eigenvalue weighted by Gasteiger charge is -2.10. The van der Waals surface area contributed by atoms with Crippen LogP contribution in [0.1, 0.15) is 24.3 Å². The minimum absolute atomic E-state index is 0.115. The lowest BCUT2D eigenvalue weighted by atomic mass is 10.1. The lowest BCUT2D eigenvalue weighted by Crippen LogP contribution is -2.00. The van der Waals surface area contributed by atoms with Crippen LogP contribution in [0.2, 0.25) is 0 Å². The monoisotopic (exact) mass is 378 g/mol. The van der Waals surface area contributed by atoms with E-state index < -0.39 is 5.82 Å². The van der Waals surface area contributed by atoms with E-state index in [0.29, 0.717) is 22.9 Å². The van der Waals surface area contributed by atoms with E-state index in [0.717, 1.165) is 0 Å². The summed E-state index contributed by atoms with van der Waals surface area (Å²) >= 11 is 0. The van der Waals surface area contributed by atoms with Gasteiger partial charge in [-0.25, -0.2) is 13.8 Å². The topological polar surface area (TPSA) is 62.8 Å². The number of nitrogens with one attached hydrogen (secondary N) is 2. The second-order valence-electron chi connectivity index (χ2n) is 6.79. The van der Waals surface area contributed by atoms with Gasteiger partial charge in [-0.3, -0.25) is 0 Å². The molecule has 0 aliphatic heterocycles. The van der Waals surface area contributed by atoms with Gasteiger partial charge < -0.3 is 15.0 Å². The molecule has 140 valence electrons. The molecule has 1 aliphatic carbocycles. The summed E-state index contributed by atoms with van der Waals surface area (Å²) in [6.45, 7) is 0. The highest BCUT2D eigenvalue weighted by Crippen LogP contribution is 2.40. The first-order valence-corrected chi connectivity index (χ1v) is 9.01. The SMILES string of the molecule is Fc1ccc(Nc2nc(Oc3ccc(C4CC4)cc3)c3[nH]cc(F)c3n2)cc1. The number of halogens is 2. The molecule has 2 N–H and O–H groups in total. The van der Waals surface area contributed by atoms with Gasteiger partial charge in [0.2, 0.25) is 11.8 Å². The van der Waals surface area contributed by atoms with Crippen LogP contribution in [0.3, 0.4) is 0 Å². The summed E-state index contributed by atoms with van der Waals surface area (Å²) in [7, 11) is 0. The van der Waals surface area contributed by atoms with Gasteiger partial charge in [0.15, 0.2) is 5.82 Å². The molecule has 0 atom stereocenters. The smallest absolute Gasteiger partial charge is 0.248 e. The van der Waals surface area contributed by atoms with Gasteiger partial charge in [0.25, 0.3) is 0 Å². The van der Waals surface area contributed by atoms with Gasteiger partial charge in [-0.1, -0.05) is 12.1 Å². The van der Waals surface area contributed by atoms with Crippen LogP contribution in [-0.2, 0) is 0 Å². The van der Waals surface area contributed by atoms with E-state index in [2.05, 4.69) is 20.3 Å². The number of aromatic nitrogens is 3. The molecule has 2 aromatic heterocycles. The van der Waals surface area contributed by atoms with Gasteiger partial charge in [0.05, 0.1) is 0 Å². The highest BCUT2D eigenvalue weighted by atomic mass is 19.1. The van der Waals surface area contributed by atoms with Crippen molar-refractivity contribution >= 4 is 22.7 Å². The molecule has 2 heterocycles. The van der Waals surface area contributed by atoms with Crippen LogP contribution >= 0.6 is 0 Å². The minimum Gasteiger partial charge on any atom is -0.437 e. The van der Waals surface area contributed by atoms with Crippen LogP contribution in [0, 0.1) is 11.6 Å². The molecule has 5 rings (SSSR count). The summed E-state index contributed by atoms with van der Waals surface area (Å²) in [6.07, 6.45) is 3.67. The summed E-state index contributed by atoms with van der Waals surface area (Å²) in [6, 6.07) is 13.6. The summed E-state index contributed by atoms with van der Waals surface area (Å²) in [5.41, 5.74) is 2.36. The fraction of sp³-hybridized carbons (Fsp3) is 0.143. The van der Waals surface area contributed by atoms with Gasteiger partial charge in [-0.2, -0.15) is 4.98 Å². The molecule has 1 aliphatic rings. The van der Waals surface area contributed by atoms with Crippen LogP contribution in [0.4, 0.5) is 20.4 Å². The Bertz CT molecular complexity index is 1140. The summed E-state index contributed by atoms with van der Waals surface area (Å²) in [5.74, 6) is 0.765. The quantitative estimate of drug-likeness (QED) is 0.471. The van der Waals surface area contributed by atoms with E-state index in [4.69, 9.17) is 4.74 Å². The molecule has 0 radical (unpaired) electrons. The molecule has 28 heavy (non-hydrogen) atoms. The van der Waals surface area contributed by atoms with E-state index in [-0.39, 0.29) is 23.2 Å². The number of fused-ring (bicyclic) bond motifs is 1. The summed E-state index contributed by atoms with van der Waals surface area (Å²) < 4.78 is 33.1. The van der Waals surface area contributed by atoms with Gasteiger partial charge in [-0.05, 0) is 60.7 Å². The van der Waals surface area contributed by atoms with Crippen LogP contribution in [0.5, 0.6) is 11.6 Å². The Kier molecular flexibility index (Phi) is 3.93. The summed E-state index contributed by atoms with van der Waals surface area (Å²) in [5, 5.41) is 2.95. The Morgan fingerprint density at radius 3 is 2.43 bits per heavy atom. The van der Waals surface area contributed by atoms with Crippen molar-refractivity contribution in [2.75, 3.05) is 5.32 Å². The van der Waals surface area contributed by atoms with Crippen LogP contribution < -0.4 is 10.1 Å². The number of H-pyrrole nitrogens is 1. The van der Waals surface area contributed by atoms with E-state index in [1.165, 1.54) is 36.7 Å². The maximum atomic E-state index is 14.1. The van der Waals surface area contributed by atoms with Gasteiger partial charge in [0, 0.05) is 11.9 Å². The normalized spacial score (nSPS) is 13.6. The van der Waals surface area contributed by atoms with Crippen molar-refractivity contribution in [3.8, 4) is 11.6 Å². The number of aromatic amines is 1. The molecule has 0 amide bonds. The molecule has 0 spiro atoms. The average Bonchev–Trinajstić information content (AvgIpc) is 3.48. The Hall–Kier alpha value is -3.48. The highest BCUT2D eigenvalue weighted by molar-refractivity contribution is 5.82. The van der Waals surface area contributed by atoms with Gasteiger partial charge >= 0.3 is 0 Å². The first-order chi connectivity index (χ1) is 13.7. The Balaban J connectivity index is 1.48. The fourth-order valence-corrected chi connectivity index (χ4v) is 3.08. The fourth-order valence-electron chi connectivity index (χ4n) is 3.08. The molecule has 1 saturated carbocycles. The van der Waals surface area contributed by atoms with Crippen molar-refractivity contribution < 1.29 is 13.5 Å². The number of rotatable bonds is 5. The number of hydrogen-bond donors (Lipinski definition) is 2. The standard InChI is InChI=1S/C21H16F2N4O/c22-14-5-7-15(8-6-14)25-21-26-18-17(23)11-24-19(18)20(27-21)28-16-9-3-13(4-10-16)12-1-2-12/h3-12,24H,1-2H2,(H,25,26,27). The Morgan fingerprint density at radius 2 is 1.71 bits per heavy atom. The number of ether oxygens (including phenoxy) is 1. The van der Waals surface area contributed by atoms with E-state index in [1.807, 2.05) is 24.3 Å². The molecule has 7 heteroatoms. The van der Waals surface area contributed by atoms with Crippen molar-refractivity contribution in [3.63, 3.8) is 0 Å². The number of benzene rings is 2. The number of anilines is 2. The molecule has 0 saturated heterocycles. The molecular weight excluding hydrogens is 362 g/mol. The zero-order valence-electron chi connectivity index (χ0n) is 14.7.